The number of aromatic nitrogens is 1. The van der Waals surface area contributed by atoms with Crippen LogP contribution in [0.15, 0.2) is 42.6 Å². The lowest BCUT2D eigenvalue weighted by molar-refractivity contribution is 0.0733. The van der Waals surface area contributed by atoms with Crippen LogP contribution in [-0.2, 0) is 6.54 Å². The molecule has 1 amide bonds. The molecule has 0 fully saturated rings. The second-order valence-electron chi connectivity index (χ2n) is 6.44. The number of phenols is 1. The lowest BCUT2D eigenvalue weighted by Crippen LogP contribution is -2.32. The molecule has 0 radical (unpaired) electrons. The van der Waals surface area contributed by atoms with Crippen molar-refractivity contribution >= 4 is 23.1 Å². The number of carbonyl (C=O) groups is 1. The van der Waals surface area contributed by atoms with Gasteiger partial charge in [-0.05, 0) is 48.9 Å². The molecule has 3 aromatic rings. The van der Waals surface area contributed by atoms with Gasteiger partial charge in [0.05, 0.1) is 12.1 Å². The number of amides is 1. The fourth-order valence-electron chi connectivity index (χ4n) is 3.12. The van der Waals surface area contributed by atoms with Crippen molar-refractivity contribution < 1.29 is 14.6 Å². The summed E-state index contributed by atoms with van der Waals surface area (Å²) in [6, 6.07) is 11.0. The molecule has 0 spiro atoms. The Bertz CT molecular complexity index is 998. The highest BCUT2D eigenvalue weighted by Gasteiger charge is 2.24. The summed E-state index contributed by atoms with van der Waals surface area (Å²) >= 11 is 1.66. The molecule has 4 rings (SSSR count). The van der Waals surface area contributed by atoms with Gasteiger partial charge in [-0.15, -0.1) is 11.3 Å². The van der Waals surface area contributed by atoms with E-state index in [4.69, 9.17) is 10.5 Å². The summed E-state index contributed by atoms with van der Waals surface area (Å²) in [5, 5.41) is 10.5. The number of thiophene rings is 1. The summed E-state index contributed by atoms with van der Waals surface area (Å²) in [5.74, 6) is 0.766. The molecule has 1 aromatic carbocycles. The van der Waals surface area contributed by atoms with Gasteiger partial charge >= 0.3 is 0 Å². The van der Waals surface area contributed by atoms with Crippen LogP contribution in [0.5, 0.6) is 11.5 Å². The number of phenolic OH excluding ortho intramolecular Hbond substituents is 1. The van der Waals surface area contributed by atoms with Gasteiger partial charge in [0.1, 0.15) is 12.4 Å². The minimum absolute atomic E-state index is 0.0944. The molecule has 27 heavy (non-hydrogen) atoms. The summed E-state index contributed by atoms with van der Waals surface area (Å²) < 4.78 is 5.73. The maximum Gasteiger partial charge on any atom is 0.255 e. The first-order valence-corrected chi connectivity index (χ1v) is 9.39. The molecule has 6 nitrogen and oxygen atoms in total. The Morgan fingerprint density at radius 1 is 1.30 bits per heavy atom. The van der Waals surface area contributed by atoms with Crippen molar-refractivity contribution in [3.05, 3.63) is 58.6 Å². The van der Waals surface area contributed by atoms with Crippen molar-refractivity contribution in [2.24, 2.45) is 0 Å². The molecular weight excluding hydrogens is 362 g/mol. The van der Waals surface area contributed by atoms with Crippen LogP contribution in [0.4, 0.5) is 5.82 Å². The van der Waals surface area contributed by atoms with E-state index >= 15 is 0 Å². The second-order valence-corrected chi connectivity index (χ2v) is 7.73. The van der Waals surface area contributed by atoms with Crippen LogP contribution in [0.25, 0.3) is 10.4 Å². The number of ether oxygens (including phenoxy) is 1. The molecular formula is C20H19N3O3S. The van der Waals surface area contributed by atoms with Crippen molar-refractivity contribution in [3.63, 3.8) is 0 Å². The van der Waals surface area contributed by atoms with E-state index in [9.17, 15) is 9.90 Å². The average molecular weight is 381 g/mol. The molecule has 3 N–H and O–H groups in total. The zero-order chi connectivity index (χ0) is 19.0. The Morgan fingerprint density at radius 2 is 2.15 bits per heavy atom. The quantitative estimate of drug-likeness (QED) is 0.710. The molecule has 0 saturated heterocycles. The second kappa shape index (κ2) is 6.92. The average Bonchev–Trinajstić information content (AvgIpc) is 2.97. The molecule has 1 aliphatic rings. The van der Waals surface area contributed by atoms with E-state index in [0.717, 1.165) is 16.0 Å². The number of nitrogens with two attached hydrogens (primary N) is 1. The van der Waals surface area contributed by atoms with Crippen LogP contribution >= 0.6 is 11.3 Å². The molecule has 0 saturated carbocycles. The van der Waals surface area contributed by atoms with Crippen molar-refractivity contribution in [2.45, 2.75) is 13.5 Å². The maximum atomic E-state index is 12.8. The van der Waals surface area contributed by atoms with Gasteiger partial charge in [0, 0.05) is 28.1 Å². The topological polar surface area (TPSA) is 88.7 Å². The maximum absolute atomic E-state index is 12.8. The van der Waals surface area contributed by atoms with Crippen molar-refractivity contribution in [3.8, 4) is 21.9 Å². The highest BCUT2D eigenvalue weighted by molar-refractivity contribution is 7.15. The predicted octanol–water partition coefficient (Wildman–Crippen LogP) is 3.44. The lowest BCUT2D eigenvalue weighted by Gasteiger charge is -2.20. The zero-order valence-electron chi connectivity index (χ0n) is 14.8. The van der Waals surface area contributed by atoms with Gasteiger partial charge in [0.15, 0.2) is 11.5 Å². The molecule has 0 bridgehead atoms. The molecule has 0 unspecified atom stereocenters. The van der Waals surface area contributed by atoms with Crippen LogP contribution in [-0.4, -0.2) is 34.0 Å². The Morgan fingerprint density at radius 3 is 2.85 bits per heavy atom. The molecule has 2 aromatic heterocycles. The molecule has 7 heteroatoms. The molecule has 1 aliphatic heterocycles. The van der Waals surface area contributed by atoms with Crippen LogP contribution in [0.1, 0.15) is 20.8 Å². The number of rotatable bonds is 2. The fourth-order valence-corrected chi connectivity index (χ4v) is 3.97. The first kappa shape index (κ1) is 17.4. The van der Waals surface area contributed by atoms with Gasteiger partial charge in [-0.25, -0.2) is 4.98 Å². The number of pyridine rings is 1. The Balaban J connectivity index is 1.67. The summed E-state index contributed by atoms with van der Waals surface area (Å²) in [7, 11) is 0. The Kier molecular flexibility index (Phi) is 4.45. The lowest BCUT2D eigenvalue weighted by atomic mass is 10.1. The van der Waals surface area contributed by atoms with Crippen LogP contribution in [0.2, 0.25) is 0 Å². The van der Waals surface area contributed by atoms with Crippen LogP contribution < -0.4 is 10.5 Å². The van der Waals surface area contributed by atoms with Crippen molar-refractivity contribution in [1.82, 2.24) is 9.88 Å². The SMILES string of the molecule is Cc1ccc(-c2cc(O)c3c(c2)CN(C(=O)c2ccc(N)nc2)CCO3)s1. The number of hydrogen-bond acceptors (Lipinski definition) is 6. The highest BCUT2D eigenvalue weighted by atomic mass is 32.1. The fraction of sp³-hybridized carbons (Fsp3) is 0.200. The Hall–Kier alpha value is -3.06. The number of aromatic hydroxyl groups is 1. The smallest absolute Gasteiger partial charge is 0.255 e. The number of hydrogen-bond donors (Lipinski definition) is 2. The number of carbonyl (C=O) groups excluding carboxylic acids is 1. The molecule has 3 heterocycles. The summed E-state index contributed by atoms with van der Waals surface area (Å²) in [6.07, 6.45) is 1.48. The molecule has 0 aliphatic carbocycles. The Labute approximate surface area is 160 Å². The van der Waals surface area contributed by atoms with Crippen LogP contribution in [0.3, 0.4) is 0 Å². The van der Waals surface area contributed by atoms with Crippen LogP contribution in [0, 0.1) is 6.92 Å². The van der Waals surface area contributed by atoms with E-state index in [-0.39, 0.29) is 11.7 Å². The largest absolute Gasteiger partial charge is 0.504 e. The number of benzene rings is 1. The number of nitrogens with zero attached hydrogens (tertiary/aromatic N) is 2. The van der Waals surface area contributed by atoms with E-state index in [1.165, 1.54) is 11.1 Å². The number of anilines is 1. The minimum atomic E-state index is -0.143. The minimum Gasteiger partial charge on any atom is -0.504 e. The first-order valence-electron chi connectivity index (χ1n) is 8.57. The monoisotopic (exact) mass is 381 g/mol. The van der Waals surface area contributed by atoms with Gasteiger partial charge < -0.3 is 20.5 Å². The van der Waals surface area contributed by atoms with E-state index in [1.54, 1.807) is 34.4 Å². The van der Waals surface area contributed by atoms with Crippen molar-refractivity contribution in [1.29, 1.82) is 0 Å². The third-order valence-electron chi connectivity index (χ3n) is 4.46. The molecule has 0 atom stereocenters. The van der Waals surface area contributed by atoms with Gasteiger partial charge in [0.2, 0.25) is 0 Å². The highest BCUT2D eigenvalue weighted by Crippen LogP contribution is 2.39. The summed E-state index contributed by atoms with van der Waals surface area (Å²) in [5.41, 5.74) is 7.77. The van der Waals surface area contributed by atoms with E-state index in [2.05, 4.69) is 4.98 Å². The van der Waals surface area contributed by atoms with Crippen molar-refractivity contribution in [2.75, 3.05) is 18.9 Å². The number of nitrogen functional groups attached to an aromatic ring is 1. The third-order valence-corrected chi connectivity index (χ3v) is 5.51. The van der Waals surface area contributed by atoms with E-state index in [1.807, 2.05) is 25.1 Å². The normalized spacial score (nSPS) is 13.6. The zero-order valence-corrected chi connectivity index (χ0v) is 15.6. The number of aryl methyl sites for hydroxylation is 1. The third kappa shape index (κ3) is 3.46. The molecule has 138 valence electrons. The number of fused-ring (bicyclic) bond motifs is 1. The van der Waals surface area contributed by atoms with E-state index < -0.39 is 0 Å². The first-order chi connectivity index (χ1) is 13.0. The summed E-state index contributed by atoms with van der Waals surface area (Å²) in [4.78, 5) is 20.8. The van der Waals surface area contributed by atoms with Gasteiger partial charge in [-0.1, -0.05) is 0 Å². The standard InChI is InChI=1S/C20H19N3O3S/c1-12-2-4-17(27-12)14-8-15-11-23(6-7-26-19(15)16(24)9-14)20(25)13-3-5-18(21)22-10-13/h2-5,8-10,24H,6-7,11H2,1H3,(H2,21,22). The summed E-state index contributed by atoms with van der Waals surface area (Å²) in [6.45, 7) is 3.13. The van der Waals surface area contributed by atoms with E-state index in [0.29, 0.717) is 36.8 Å². The van der Waals surface area contributed by atoms with Gasteiger partial charge in [0.25, 0.3) is 5.91 Å². The predicted molar refractivity (Wildman–Crippen MR) is 105 cm³/mol. The van der Waals surface area contributed by atoms with Gasteiger partial charge in [-0.2, -0.15) is 0 Å². The van der Waals surface area contributed by atoms with Gasteiger partial charge in [-0.3, -0.25) is 4.79 Å².